The van der Waals surface area contributed by atoms with Crippen LogP contribution in [-0.2, 0) is 19.1 Å². The van der Waals surface area contributed by atoms with E-state index in [1.165, 1.54) is 85.6 Å². The summed E-state index contributed by atoms with van der Waals surface area (Å²) in [4.78, 5) is 24.0. The van der Waals surface area contributed by atoms with Crippen molar-refractivity contribution in [1.29, 1.82) is 0 Å². The molecule has 0 aliphatic heterocycles. The van der Waals surface area contributed by atoms with Crippen LogP contribution in [-0.4, -0.2) is 38.4 Å². The smallest absolute Gasteiger partial charge is 0.305 e. The van der Waals surface area contributed by atoms with Crippen LogP contribution in [0.15, 0.2) is 24.3 Å². The maximum Gasteiger partial charge on any atom is 0.305 e. The average molecular weight is 1370 g/mol. The number of hydrogen-bond donors (Lipinski definition) is 0. The predicted octanol–water partition coefficient (Wildman–Crippen LogP) is 13.7. The van der Waals surface area contributed by atoms with Gasteiger partial charge in [-0.05, 0) is 198 Å². The molecule has 0 saturated heterocycles. The van der Waals surface area contributed by atoms with E-state index in [0.717, 1.165) is 76.1 Å². The van der Waals surface area contributed by atoms with Crippen LogP contribution >= 0.6 is 136 Å². The largest absolute Gasteiger partial charge is 0.491 e. The van der Waals surface area contributed by atoms with Crippen molar-refractivity contribution in [3.05, 3.63) is 45.7 Å². The third-order valence-corrected chi connectivity index (χ3v) is 12.5. The number of halogens is 6. The number of carbonyl (C=O) groups excluding carboxylic acids is 2. The van der Waals surface area contributed by atoms with E-state index in [9.17, 15) is 9.59 Å². The molecule has 0 amide bonds. The Morgan fingerprint density at radius 1 is 0.380 bits per heavy atom. The normalized spacial score (nSPS) is 11.1. The average Bonchev–Trinajstić information content (AvgIpc) is 3.05. The van der Waals surface area contributed by atoms with Crippen LogP contribution in [0.3, 0.4) is 0 Å². The van der Waals surface area contributed by atoms with Crippen molar-refractivity contribution in [1.82, 2.24) is 0 Å². The van der Waals surface area contributed by atoms with E-state index < -0.39 is 0 Å². The van der Waals surface area contributed by atoms with Gasteiger partial charge in [0.2, 0.25) is 0 Å². The van der Waals surface area contributed by atoms with Crippen molar-refractivity contribution in [2.75, 3.05) is 26.4 Å². The summed E-state index contributed by atoms with van der Waals surface area (Å²) < 4.78 is 29.9. The Labute approximate surface area is 382 Å². The molecule has 12 heteroatoms. The van der Waals surface area contributed by atoms with Crippen molar-refractivity contribution in [2.24, 2.45) is 0 Å². The third kappa shape index (κ3) is 23.3. The van der Waals surface area contributed by atoms with Crippen LogP contribution in [0.2, 0.25) is 0 Å². The van der Waals surface area contributed by atoms with Crippen molar-refractivity contribution in [2.45, 2.75) is 128 Å². The molecule has 6 nitrogen and oxygen atoms in total. The fourth-order valence-corrected chi connectivity index (χ4v) is 13.1. The van der Waals surface area contributed by atoms with E-state index in [4.69, 9.17) is 18.9 Å². The Morgan fingerprint density at radius 2 is 0.640 bits per heavy atom. The quantitative estimate of drug-likeness (QED) is 0.0459. The van der Waals surface area contributed by atoms with Gasteiger partial charge in [-0.25, -0.2) is 0 Å². The maximum absolute atomic E-state index is 12.0. The fraction of sp³-hybridized carbons (Fsp3) is 0.632. The molecule has 0 N–H and O–H groups in total. The molecule has 0 radical (unpaired) electrons. The highest BCUT2D eigenvalue weighted by atomic mass is 127. The number of benzene rings is 2. The lowest BCUT2D eigenvalue weighted by Crippen LogP contribution is -2.08. The molecule has 0 spiro atoms. The lowest BCUT2D eigenvalue weighted by molar-refractivity contribution is -0.146. The molecular weight excluding hydrogens is 1310 g/mol. The Balaban J connectivity index is 1.28. The molecule has 0 saturated carbocycles. The summed E-state index contributed by atoms with van der Waals surface area (Å²) in [6.45, 7) is 2.35. The molecule has 0 aliphatic carbocycles. The highest BCUT2D eigenvalue weighted by Gasteiger charge is 2.10. The van der Waals surface area contributed by atoms with Gasteiger partial charge < -0.3 is 18.9 Å². The van der Waals surface area contributed by atoms with Crippen molar-refractivity contribution in [3.63, 3.8) is 0 Å². The molecular formula is C38H52I6O6. The first-order valence-electron chi connectivity index (χ1n) is 18.0. The summed E-state index contributed by atoms with van der Waals surface area (Å²) in [5.41, 5.74) is 0. The SMILES string of the molecule is O=C(CCCCCCCCCCOc1c(I)cc(I)cc1I)OCCCCOC(=O)CCCCCCCCCCOc1c(I)cc(I)cc1I. The van der Waals surface area contributed by atoms with Gasteiger partial charge in [0.05, 0.1) is 40.7 Å². The minimum atomic E-state index is -0.115. The van der Waals surface area contributed by atoms with Crippen molar-refractivity contribution < 1.29 is 28.5 Å². The van der Waals surface area contributed by atoms with Gasteiger partial charge in [-0.2, -0.15) is 0 Å². The molecule has 2 aromatic carbocycles. The molecule has 2 rings (SSSR count). The topological polar surface area (TPSA) is 71.1 Å². The van der Waals surface area contributed by atoms with Gasteiger partial charge in [-0.1, -0.05) is 77.0 Å². The molecule has 50 heavy (non-hydrogen) atoms. The molecule has 0 atom stereocenters. The summed E-state index contributed by atoms with van der Waals surface area (Å²) in [6, 6.07) is 8.61. The van der Waals surface area contributed by atoms with Crippen molar-refractivity contribution in [3.8, 4) is 11.5 Å². The van der Waals surface area contributed by atoms with Gasteiger partial charge in [0.1, 0.15) is 11.5 Å². The third-order valence-electron chi connectivity index (χ3n) is 8.03. The second-order valence-corrected chi connectivity index (χ2v) is 19.5. The molecule has 282 valence electrons. The number of unbranched alkanes of at least 4 members (excludes halogenated alkanes) is 15. The summed E-state index contributed by atoms with van der Waals surface area (Å²) in [7, 11) is 0. The van der Waals surface area contributed by atoms with E-state index >= 15 is 0 Å². The second kappa shape index (κ2) is 30.6. The van der Waals surface area contributed by atoms with E-state index in [-0.39, 0.29) is 11.9 Å². The first kappa shape index (κ1) is 47.5. The second-order valence-electron chi connectivity index (χ2n) is 12.4. The van der Waals surface area contributed by atoms with Gasteiger partial charge in [0.15, 0.2) is 0 Å². The number of esters is 2. The molecule has 0 heterocycles. The Kier molecular flexibility index (Phi) is 29.0. The van der Waals surface area contributed by atoms with Crippen LogP contribution in [0.25, 0.3) is 0 Å². The zero-order valence-electron chi connectivity index (χ0n) is 29.0. The van der Waals surface area contributed by atoms with Crippen LogP contribution in [0.5, 0.6) is 11.5 Å². The minimum Gasteiger partial charge on any atom is -0.491 e. The van der Waals surface area contributed by atoms with Crippen LogP contribution in [0.1, 0.15) is 128 Å². The highest BCUT2D eigenvalue weighted by molar-refractivity contribution is 14.1. The summed E-state index contributed by atoms with van der Waals surface area (Å²) in [5.74, 6) is 1.80. The molecule has 0 aliphatic rings. The molecule has 0 fully saturated rings. The van der Waals surface area contributed by atoms with Crippen LogP contribution in [0, 0.1) is 21.4 Å². The number of hydrogen-bond acceptors (Lipinski definition) is 6. The molecule has 0 bridgehead atoms. The van der Waals surface area contributed by atoms with E-state index in [1.54, 1.807) is 0 Å². The van der Waals surface area contributed by atoms with Crippen molar-refractivity contribution >= 4 is 147 Å². The predicted molar refractivity (Wildman–Crippen MR) is 254 cm³/mol. The van der Waals surface area contributed by atoms with Gasteiger partial charge in [-0.15, -0.1) is 0 Å². The Hall–Kier alpha value is 1.36. The first-order chi connectivity index (χ1) is 24.2. The number of carbonyl (C=O) groups is 2. The van der Waals surface area contributed by atoms with Crippen LogP contribution < -0.4 is 9.47 Å². The first-order valence-corrected chi connectivity index (χ1v) is 24.5. The van der Waals surface area contributed by atoms with E-state index in [1.807, 2.05) is 0 Å². The fourth-order valence-electron chi connectivity index (χ4n) is 5.27. The minimum absolute atomic E-state index is 0.115. The summed E-state index contributed by atoms with van der Waals surface area (Å²) in [6.07, 6.45) is 20.6. The van der Waals surface area contributed by atoms with Gasteiger partial charge in [-0.3, -0.25) is 9.59 Å². The number of ether oxygens (including phenoxy) is 4. The summed E-state index contributed by atoms with van der Waals surface area (Å²) in [5, 5.41) is 0. The zero-order valence-corrected chi connectivity index (χ0v) is 41.9. The maximum atomic E-state index is 12.0. The molecule has 0 unspecified atom stereocenters. The van der Waals surface area contributed by atoms with E-state index in [0.29, 0.717) is 26.1 Å². The summed E-state index contributed by atoms with van der Waals surface area (Å²) >= 11 is 14.1. The van der Waals surface area contributed by atoms with E-state index in [2.05, 4.69) is 160 Å². The molecule has 0 aromatic heterocycles. The Morgan fingerprint density at radius 3 is 0.960 bits per heavy atom. The lowest BCUT2D eigenvalue weighted by atomic mass is 10.1. The Bertz CT molecular complexity index is 1120. The van der Waals surface area contributed by atoms with Gasteiger partial charge >= 0.3 is 11.9 Å². The van der Waals surface area contributed by atoms with Gasteiger partial charge in [0.25, 0.3) is 0 Å². The monoisotopic (exact) mass is 1370 g/mol. The lowest BCUT2D eigenvalue weighted by Gasteiger charge is -2.11. The molecule has 2 aromatic rings. The van der Waals surface area contributed by atoms with Crippen LogP contribution in [0.4, 0.5) is 0 Å². The standard InChI is InChI=1S/C38H52I6O6/c39-29-25-31(41)37(32(42)26-29)49-23-15-11-7-3-1-5-9-13-19-35(45)47-21-17-18-22-48-36(46)20-14-10-6-2-4-8-12-16-24-50-38-33(43)27-30(40)28-34(38)44/h25-28H,1-24H2. The van der Waals surface area contributed by atoms with Gasteiger partial charge in [0, 0.05) is 20.0 Å². The highest BCUT2D eigenvalue weighted by Crippen LogP contribution is 2.31. The number of rotatable bonds is 29. The zero-order chi connectivity index (χ0) is 36.4.